The molecule has 0 unspecified atom stereocenters. The van der Waals surface area contributed by atoms with Gasteiger partial charge < -0.3 is 10.6 Å². The van der Waals surface area contributed by atoms with Crippen LogP contribution in [0.5, 0.6) is 0 Å². The molecule has 1 fully saturated rings. The fourth-order valence-electron chi connectivity index (χ4n) is 2.10. The first-order valence-corrected chi connectivity index (χ1v) is 5.71. The van der Waals surface area contributed by atoms with Crippen molar-refractivity contribution in [3.05, 3.63) is 0 Å². The summed E-state index contributed by atoms with van der Waals surface area (Å²) in [6.45, 7) is 3.48. The van der Waals surface area contributed by atoms with Crippen LogP contribution >= 0.6 is 0 Å². The fourth-order valence-corrected chi connectivity index (χ4v) is 2.10. The van der Waals surface area contributed by atoms with Crippen LogP contribution in [0.15, 0.2) is 0 Å². The van der Waals surface area contributed by atoms with E-state index in [4.69, 9.17) is 5.73 Å². The molecule has 13 heavy (non-hydrogen) atoms. The molecule has 2 N–H and O–H groups in total. The Labute approximate surface area is 82.5 Å². The molecule has 1 saturated heterocycles. The van der Waals surface area contributed by atoms with E-state index < -0.39 is 0 Å². The van der Waals surface area contributed by atoms with E-state index in [2.05, 4.69) is 11.9 Å². The molecule has 1 aliphatic heterocycles. The predicted molar refractivity (Wildman–Crippen MR) is 57.7 cm³/mol. The molecule has 0 bridgehead atoms. The molecule has 1 aliphatic rings. The van der Waals surface area contributed by atoms with Gasteiger partial charge in [-0.1, -0.05) is 19.3 Å². The van der Waals surface area contributed by atoms with Crippen LogP contribution in [-0.4, -0.2) is 31.6 Å². The number of nitrogens with zero attached hydrogens (tertiary/aromatic N) is 1. The van der Waals surface area contributed by atoms with Crippen LogP contribution < -0.4 is 5.73 Å². The van der Waals surface area contributed by atoms with Gasteiger partial charge in [-0.2, -0.15) is 0 Å². The summed E-state index contributed by atoms with van der Waals surface area (Å²) in [4.78, 5) is 2.44. The molecule has 2 heteroatoms. The van der Waals surface area contributed by atoms with Gasteiger partial charge in [0.15, 0.2) is 0 Å². The minimum absolute atomic E-state index is 0.868. The zero-order valence-corrected chi connectivity index (χ0v) is 8.97. The highest BCUT2D eigenvalue weighted by molar-refractivity contribution is 4.69. The zero-order valence-electron chi connectivity index (χ0n) is 8.97. The second kappa shape index (κ2) is 6.39. The Morgan fingerprint density at radius 2 is 1.85 bits per heavy atom. The average Bonchev–Trinajstić information content (AvgIpc) is 2.15. The number of rotatable bonds is 5. The Balaban J connectivity index is 1.96. The summed E-state index contributed by atoms with van der Waals surface area (Å²) in [6, 6.07) is 0. The Hall–Kier alpha value is -0.0800. The van der Waals surface area contributed by atoms with Gasteiger partial charge >= 0.3 is 0 Å². The van der Waals surface area contributed by atoms with E-state index in [1.807, 2.05) is 0 Å². The number of hydrogen-bond acceptors (Lipinski definition) is 2. The molecule has 0 amide bonds. The second-order valence-electron chi connectivity index (χ2n) is 4.38. The monoisotopic (exact) mass is 184 g/mol. The van der Waals surface area contributed by atoms with E-state index >= 15 is 0 Å². The summed E-state index contributed by atoms with van der Waals surface area (Å²) < 4.78 is 0. The first kappa shape index (κ1) is 11.0. The highest BCUT2D eigenvalue weighted by Gasteiger charge is 2.15. The average molecular weight is 184 g/mol. The maximum absolute atomic E-state index is 5.46. The third kappa shape index (κ3) is 4.63. The minimum Gasteiger partial charge on any atom is -0.330 e. The molecule has 0 aliphatic carbocycles. The van der Waals surface area contributed by atoms with Crippen molar-refractivity contribution in [1.29, 1.82) is 0 Å². The number of likely N-dealkylation sites (tertiary alicyclic amines) is 1. The van der Waals surface area contributed by atoms with Crippen LogP contribution in [0.1, 0.15) is 38.5 Å². The van der Waals surface area contributed by atoms with Crippen LogP contribution in [0, 0.1) is 5.92 Å². The molecule has 2 nitrogen and oxygen atoms in total. The lowest BCUT2D eigenvalue weighted by Gasteiger charge is -2.28. The van der Waals surface area contributed by atoms with Gasteiger partial charge in [0, 0.05) is 0 Å². The number of unbranched alkanes of at least 4 members (excludes halogenated alkanes) is 2. The third-order valence-electron chi connectivity index (χ3n) is 3.15. The maximum Gasteiger partial charge on any atom is -0.00191 e. The lowest BCUT2D eigenvalue weighted by molar-refractivity contribution is 0.209. The molecular formula is C11H24N2. The summed E-state index contributed by atoms with van der Waals surface area (Å²) in [5.74, 6) is 1.01. The first-order valence-electron chi connectivity index (χ1n) is 5.71. The SMILES string of the molecule is CN1CCC(CCCCCN)CC1. The molecule has 0 atom stereocenters. The van der Waals surface area contributed by atoms with Crippen LogP contribution in [-0.2, 0) is 0 Å². The largest absolute Gasteiger partial charge is 0.330 e. The third-order valence-corrected chi connectivity index (χ3v) is 3.15. The van der Waals surface area contributed by atoms with E-state index in [0.717, 1.165) is 12.5 Å². The molecule has 0 aromatic rings. The predicted octanol–water partition coefficient (Wildman–Crippen LogP) is 1.85. The van der Waals surface area contributed by atoms with Crippen LogP contribution in [0.25, 0.3) is 0 Å². The van der Waals surface area contributed by atoms with E-state index in [1.165, 1.54) is 51.6 Å². The first-order chi connectivity index (χ1) is 6.33. The Bertz CT molecular complexity index is 117. The fraction of sp³-hybridized carbons (Fsp3) is 1.00. The molecule has 0 saturated carbocycles. The molecule has 1 rings (SSSR count). The van der Waals surface area contributed by atoms with E-state index in [1.54, 1.807) is 0 Å². The molecular weight excluding hydrogens is 160 g/mol. The Morgan fingerprint density at radius 1 is 1.15 bits per heavy atom. The van der Waals surface area contributed by atoms with Crippen LogP contribution in [0.3, 0.4) is 0 Å². The minimum atomic E-state index is 0.868. The number of hydrogen-bond donors (Lipinski definition) is 1. The molecule has 0 spiro atoms. The lowest BCUT2D eigenvalue weighted by atomic mass is 9.91. The quantitative estimate of drug-likeness (QED) is 0.661. The topological polar surface area (TPSA) is 29.3 Å². The van der Waals surface area contributed by atoms with Crippen molar-refractivity contribution in [2.45, 2.75) is 38.5 Å². The van der Waals surface area contributed by atoms with Gasteiger partial charge in [-0.15, -0.1) is 0 Å². The van der Waals surface area contributed by atoms with Crippen molar-refractivity contribution in [3.8, 4) is 0 Å². The summed E-state index contributed by atoms with van der Waals surface area (Å²) >= 11 is 0. The van der Waals surface area contributed by atoms with Crippen molar-refractivity contribution in [2.75, 3.05) is 26.7 Å². The molecule has 0 aromatic carbocycles. The van der Waals surface area contributed by atoms with Crippen molar-refractivity contribution in [2.24, 2.45) is 11.7 Å². The maximum atomic E-state index is 5.46. The van der Waals surface area contributed by atoms with E-state index in [9.17, 15) is 0 Å². The van der Waals surface area contributed by atoms with Crippen LogP contribution in [0.2, 0.25) is 0 Å². The molecule has 0 aromatic heterocycles. The summed E-state index contributed by atoms with van der Waals surface area (Å²) in [7, 11) is 2.23. The van der Waals surface area contributed by atoms with E-state index in [-0.39, 0.29) is 0 Å². The van der Waals surface area contributed by atoms with Gasteiger partial charge in [-0.05, 0) is 51.9 Å². The lowest BCUT2D eigenvalue weighted by Crippen LogP contribution is -2.30. The second-order valence-corrected chi connectivity index (χ2v) is 4.38. The van der Waals surface area contributed by atoms with Gasteiger partial charge in [-0.3, -0.25) is 0 Å². The van der Waals surface area contributed by atoms with E-state index in [0.29, 0.717) is 0 Å². The highest BCUT2D eigenvalue weighted by Crippen LogP contribution is 2.21. The van der Waals surface area contributed by atoms with Crippen molar-refractivity contribution < 1.29 is 0 Å². The van der Waals surface area contributed by atoms with Gasteiger partial charge in [0.2, 0.25) is 0 Å². The molecule has 78 valence electrons. The Kier molecular flexibility index (Phi) is 5.40. The van der Waals surface area contributed by atoms with Gasteiger partial charge in [-0.25, -0.2) is 0 Å². The summed E-state index contributed by atoms with van der Waals surface area (Å²) in [5, 5.41) is 0. The summed E-state index contributed by atoms with van der Waals surface area (Å²) in [5.41, 5.74) is 5.46. The Morgan fingerprint density at radius 3 is 2.46 bits per heavy atom. The van der Waals surface area contributed by atoms with Crippen molar-refractivity contribution in [1.82, 2.24) is 4.90 Å². The van der Waals surface area contributed by atoms with Crippen molar-refractivity contribution >= 4 is 0 Å². The highest BCUT2D eigenvalue weighted by atomic mass is 15.1. The summed E-state index contributed by atoms with van der Waals surface area (Å²) in [6.07, 6.45) is 8.22. The molecule has 0 radical (unpaired) electrons. The number of nitrogens with two attached hydrogens (primary N) is 1. The van der Waals surface area contributed by atoms with Crippen molar-refractivity contribution in [3.63, 3.8) is 0 Å². The molecule has 1 heterocycles. The standard InChI is InChI=1S/C11H24N2/c1-13-9-6-11(7-10-13)5-3-2-4-8-12/h11H,2-10,12H2,1H3. The van der Waals surface area contributed by atoms with Gasteiger partial charge in [0.05, 0.1) is 0 Å². The zero-order chi connectivity index (χ0) is 9.52. The van der Waals surface area contributed by atoms with Gasteiger partial charge in [0.1, 0.15) is 0 Å². The van der Waals surface area contributed by atoms with Crippen LogP contribution in [0.4, 0.5) is 0 Å². The van der Waals surface area contributed by atoms with Gasteiger partial charge in [0.25, 0.3) is 0 Å². The number of piperidine rings is 1. The normalized spacial score (nSPS) is 20.8. The smallest absolute Gasteiger partial charge is 0.00191 e.